The van der Waals surface area contributed by atoms with Gasteiger partial charge in [-0.1, -0.05) is 0 Å². The molecule has 1 aromatic heterocycles. The summed E-state index contributed by atoms with van der Waals surface area (Å²) in [4.78, 5) is 6.42. The molecule has 2 nitrogen and oxygen atoms in total. The Morgan fingerprint density at radius 3 is 2.50 bits per heavy atom. The molecule has 0 aliphatic rings. The summed E-state index contributed by atoms with van der Waals surface area (Å²) < 4.78 is 0. The zero-order valence-corrected chi connectivity index (χ0v) is 4.77. The number of H-pyrrole nitrogens is 1. The predicted octanol–water partition coefficient (Wildman–Crippen LogP) is 0.407. The topological polar surface area (TPSA) is 28.7 Å². The van der Waals surface area contributed by atoms with Crippen LogP contribution in [0, 0.1) is 0 Å². The summed E-state index contributed by atoms with van der Waals surface area (Å²) in [5.41, 5.74) is 0. The van der Waals surface area contributed by atoms with E-state index in [9.17, 15) is 0 Å². The first-order valence-corrected chi connectivity index (χ1v) is 1.43. The average molecular weight is 169 g/mol. The number of hydrogen-bond acceptors (Lipinski definition) is 1. The molecule has 1 aromatic rings. The van der Waals surface area contributed by atoms with Crippen LogP contribution in [0.15, 0.2) is 18.7 Å². The van der Waals surface area contributed by atoms with Crippen molar-refractivity contribution in [2.75, 3.05) is 0 Å². The summed E-state index contributed by atoms with van der Waals surface area (Å²) in [6, 6.07) is 0. The fourth-order valence-electron chi connectivity index (χ4n) is 0.215. The van der Waals surface area contributed by atoms with Crippen LogP contribution in [0.25, 0.3) is 0 Å². The monoisotopic (exact) mass is 170 g/mol. The first-order valence-electron chi connectivity index (χ1n) is 1.43. The largest absolute Gasteiger partial charge is 0.351 e. The van der Waals surface area contributed by atoms with Gasteiger partial charge in [-0.05, 0) is 0 Å². The Labute approximate surface area is 48.7 Å². The number of nitrogens with zero attached hydrogens (tertiary/aromatic N) is 1. The van der Waals surface area contributed by atoms with Gasteiger partial charge in [-0.25, -0.2) is 4.98 Å². The minimum absolute atomic E-state index is 0. The molecule has 1 rings (SSSR count). The molecular weight excluding hydrogens is 165 g/mol. The Kier molecular flexibility index (Phi) is 2.96. The molecule has 0 unspecified atom stereocenters. The van der Waals surface area contributed by atoms with E-state index in [0.717, 1.165) is 0 Å². The summed E-state index contributed by atoms with van der Waals surface area (Å²) in [6.45, 7) is 0. The Hall–Kier alpha value is -0.167. The van der Waals surface area contributed by atoms with Gasteiger partial charge in [0.2, 0.25) is 0 Å². The molecule has 0 fully saturated rings. The van der Waals surface area contributed by atoms with E-state index in [-0.39, 0.29) is 19.5 Å². The van der Waals surface area contributed by atoms with Crippen LogP contribution in [-0.4, -0.2) is 9.97 Å². The molecule has 1 N–H and O–H groups in total. The van der Waals surface area contributed by atoms with E-state index in [1.54, 1.807) is 18.7 Å². The molecule has 6 heavy (non-hydrogen) atoms. The molecule has 0 saturated carbocycles. The number of nitrogens with one attached hydrogen (secondary N) is 1. The molecule has 1 heterocycles. The standard InChI is InChI=1S/C3H4N2.Ru/c1-2-5-3-4-1;/h1-3H,(H,4,5);. The van der Waals surface area contributed by atoms with Gasteiger partial charge in [-0.3, -0.25) is 0 Å². The van der Waals surface area contributed by atoms with Crippen LogP contribution < -0.4 is 0 Å². The van der Waals surface area contributed by atoms with Crippen molar-refractivity contribution in [3.05, 3.63) is 18.7 Å². The summed E-state index contributed by atoms with van der Waals surface area (Å²) in [5.74, 6) is 0. The molecule has 0 aromatic carbocycles. The van der Waals surface area contributed by atoms with E-state index < -0.39 is 0 Å². The molecular formula is C3H4N2Ru. The average Bonchev–Trinajstić information content (AvgIpc) is 1.76. The van der Waals surface area contributed by atoms with Gasteiger partial charge >= 0.3 is 0 Å². The SMILES string of the molecule is [Ru].c1c[nH]cn1. The van der Waals surface area contributed by atoms with Crippen LogP contribution in [0.5, 0.6) is 0 Å². The number of aromatic amines is 1. The van der Waals surface area contributed by atoms with E-state index in [1.807, 2.05) is 0 Å². The zero-order chi connectivity index (χ0) is 3.54. The third-order valence-electron chi connectivity index (χ3n) is 0.406. The molecule has 0 saturated heterocycles. The molecule has 34 valence electrons. The third kappa shape index (κ3) is 1.32. The molecule has 0 bridgehead atoms. The van der Waals surface area contributed by atoms with Gasteiger partial charge in [0.15, 0.2) is 0 Å². The molecule has 0 aliphatic heterocycles. The predicted molar refractivity (Wildman–Crippen MR) is 18.6 cm³/mol. The fourth-order valence-corrected chi connectivity index (χ4v) is 0.215. The Morgan fingerprint density at radius 2 is 2.33 bits per heavy atom. The fraction of sp³-hybridized carbons (Fsp3) is 0. The van der Waals surface area contributed by atoms with Crippen LogP contribution in [0.2, 0.25) is 0 Å². The smallest absolute Gasteiger partial charge is 0.0919 e. The van der Waals surface area contributed by atoms with Gasteiger partial charge < -0.3 is 4.98 Å². The van der Waals surface area contributed by atoms with E-state index in [4.69, 9.17) is 0 Å². The second-order valence-corrected chi connectivity index (χ2v) is 0.761. The maximum Gasteiger partial charge on any atom is 0.0919 e. The van der Waals surface area contributed by atoms with E-state index in [2.05, 4.69) is 9.97 Å². The minimum atomic E-state index is 0. The van der Waals surface area contributed by atoms with Gasteiger partial charge in [0.05, 0.1) is 6.33 Å². The minimum Gasteiger partial charge on any atom is -0.351 e. The Morgan fingerprint density at radius 1 is 1.50 bits per heavy atom. The van der Waals surface area contributed by atoms with E-state index in [1.165, 1.54) is 0 Å². The molecule has 3 heteroatoms. The summed E-state index contributed by atoms with van der Waals surface area (Å²) in [7, 11) is 0. The van der Waals surface area contributed by atoms with Crippen molar-refractivity contribution in [1.82, 2.24) is 9.97 Å². The summed E-state index contributed by atoms with van der Waals surface area (Å²) in [6.07, 6.45) is 5.08. The number of hydrogen-bond donors (Lipinski definition) is 1. The molecule has 0 amide bonds. The second-order valence-electron chi connectivity index (χ2n) is 0.761. The number of imidazole rings is 1. The third-order valence-corrected chi connectivity index (χ3v) is 0.406. The molecule has 0 spiro atoms. The summed E-state index contributed by atoms with van der Waals surface area (Å²) >= 11 is 0. The van der Waals surface area contributed by atoms with E-state index >= 15 is 0 Å². The van der Waals surface area contributed by atoms with Crippen molar-refractivity contribution in [1.29, 1.82) is 0 Å². The molecule has 0 radical (unpaired) electrons. The molecule has 0 atom stereocenters. The van der Waals surface area contributed by atoms with Crippen LogP contribution in [0.3, 0.4) is 0 Å². The van der Waals surface area contributed by atoms with Crippen LogP contribution >= 0.6 is 0 Å². The number of rotatable bonds is 0. The first-order chi connectivity index (χ1) is 2.50. The summed E-state index contributed by atoms with van der Waals surface area (Å²) in [5, 5.41) is 0. The van der Waals surface area contributed by atoms with Gasteiger partial charge in [-0.2, -0.15) is 0 Å². The van der Waals surface area contributed by atoms with Gasteiger partial charge in [0.1, 0.15) is 0 Å². The Balaban J connectivity index is 0.000000250. The van der Waals surface area contributed by atoms with Crippen molar-refractivity contribution in [2.45, 2.75) is 0 Å². The van der Waals surface area contributed by atoms with Crippen molar-refractivity contribution in [3.63, 3.8) is 0 Å². The maximum atomic E-state index is 3.67. The Bertz CT molecular complexity index is 65.3. The van der Waals surface area contributed by atoms with E-state index in [0.29, 0.717) is 0 Å². The molecule has 0 aliphatic carbocycles. The first kappa shape index (κ1) is 5.83. The van der Waals surface area contributed by atoms with Crippen molar-refractivity contribution >= 4 is 0 Å². The van der Waals surface area contributed by atoms with Crippen LogP contribution in [-0.2, 0) is 19.5 Å². The van der Waals surface area contributed by atoms with Crippen LogP contribution in [0.4, 0.5) is 0 Å². The van der Waals surface area contributed by atoms with Gasteiger partial charge in [0.25, 0.3) is 0 Å². The quantitative estimate of drug-likeness (QED) is 0.560. The number of aromatic nitrogens is 2. The zero-order valence-electron chi connectivity index (χ0n) is 3.03. The van der Waals surface area contributed by atoms with Crippen molar-refractivity contribution in [2.24, 2.45) is 0 Å². The second kappa shape index (κ2) is 3.04. The van der Waals surface area contributed by atoms with Gasteiger partial charge in [-0.15, -0.1) is 0 Å². The van der Waals surface area contributed by atoms with Crippen molar-refractivity contribution in [3.8, 4) is 0 Å². The normalized spacial score (nSPS) is 6.67. The van der Waals surface area contributed by atoms with Crippen LogP contribution in [0.1, 0.15) is 0 Å². The van der Waals surface area contributed by atoms with Crippen molar-refractivity contribution < 1.29 is 19.5 Å². The maximum absolute atomic E-state index is 3.67. The van der Waals surface area contributed by atoms with Gasteiger partial charge in [0, 0.05) is 31.9 Å².